The molecule has 128 valence electrons. The Hall–Kier alpha value is -0.980. The van der Waals surface area contributed by atoms with Crippen LogP contribution in [0.1, 0.15) is 31.2 Å². The van der Waals surface area contributed by atoms with Gasteiger partial charge < -0.3 is 15.0 Å². The molecule has 2 aliphatic rings. The third-order valence-electron chi connectivity index (χ3n) is 5.04. The molecule has 1 saturated heterocycles. The number of aliphatic imine (C=N–C) groups is 1. The Morgan fingerprint density at radius 1 is 1.26 bits per heavy atom. The molecule has 0 bridgehead atoms. The minimum absolute atomic E-state index is 0. The normalized spacial score (nSPS) is 19.2. The number of nitrogens with zero attached hydrogens (tertiary/aromatic N) is 2. The van der Waals surface area contributed by atoms with Crippen molar-refractivity contribution >= 4 is 29.9 Å². The second-order valence-corrected chi connectivity index (χ2v) is 6.66. The molecule has 0 atom stereocenters. The maximum Gasteiger partial charge on any atom is 0.193 e. The Bertz CT molecular complexity index is 526. The van der Waals surface area contributed by atoms with Crippen LogP contribution in [-0.4, -0.2) is 44.1 Å². The van der Waals surface area contributed by atoms with E-state index < -0.39 is 0 Å². The number of guanidine groups is 1. The molecule has 5 heteroatoms. The molecule has 1 spiro atoms. The van der Waals surface area contributed by atoms with E-state index in [1.807, 2.05) is 19.2 Å². The standard InChI is InChI=1S/C18H27N3O.HI/c1-15-4-6-16(7-5-15)22-13-11-20-17(19-2)21-12-10-18(14-21)8-3-9-18;/h4-7H,3,8-14H2,1-2H3,(H,19,20);1H. The average Bonchev–Trinajstić information content (AvgIpc) is 2.95. The van der Waals surface area contributed by atoms with E-state index in [2.05, 4.69) is 34.3 Å². The second kappa shape index (κ2) is 8.22. The summed E-state index contributed by atoms with van der Waals surface area (Å²) in [5.41, 5.74) is 1.86. The molecular weight excluding hydrogens is 401 g/mol. The smallest absolute Gasteiger partial charge is 0.193 e. The lowest BCUT2D eigenvalue weighted by Crippen LogP contribution is -2.43. The van der Waals surface area contributed by atoms with Gasteiger partial charge in [-0.05, 0) is 43.7 Å². The van der Waals surface area contributed by atoms with E-state index in [0.29, 0.717) is 12.0 Å². The zero-order valence-corrected chi connectivity index (χ0v) is 16.5. The highest BCUT2D eigenvalue weighted by Crippen LogP contribution is 2.47. The van der Waals surface area contributed by atoms with E-state index in [9.17, 15) is 0 Å². The van der Waals surface area contributed by atoms with Crippen molar-refractivity contribution in [3.63, 3.8) is 0 Å². The van der Waals surface area contributed by atoms with Gasteiger partial charge in [0, 0.05) is 20.1 Å². The highest BCUT2D eigenvalue weighted by Gasteiger charge is 2.43. The Morgan fingerprint density at radius 2 is 2.00 bits per heavy atom. The molecule has 1 aliphatic carbocycles. The number of aryl methyl sites for hydroxylation is 1. The lowest BCUT2D eigenvalue weighted by molar-refractivity contribution is 0.151. The first-order chi connectivity index (χ1) is 10.7. The van der Waals surface area contributed by atoms with Crippen molar-refractivity contribution in [2.75, 3.05) is 33.3 Å². The van der Waals surface area contributed by atoms with Crippen LogP contribution >= 0.6 is 24.0 Å². The van der Waals surface area contributed by atoms with Gasteiger partial charge in [0.1, 0.15) is 12.4 Å². The summed E-state index contributed by atoms with van der Waals surface area (Å²) in [6.45, 7) is 5.83. The van der Waals surface area contributed by atoms with Crippen LogP contribution in [0.4, 0.5) is 0 Å². The van der Waals surface area contributed by atoms with Crippen LogP contribution in [0.2, 0.25) is 0 Å². The van der Waals surface area contributed by atoms with E-state index in [1.54, 1.807) is 0 Å². The number of halogens is 1. The Labute approximate surface area is 156 Å². The van der Waals surface area contributed by atoms with Gasteiger partial charge in [-0.2, -0.15) is 0 Å². The minimum Gasteiger partial charge on any atom is -0.492 e. The lowest BCUT2D eigenvalue weighted by atomic mass is 9.68. The quantitative estimate of drug-likeness (QED) is 0.345. The first kappa shape index (κ1) is 18.4. The first-order valence-electron chi connectivity index (χ1n) is 8.36. The van der Waals surface area contributed by atoms with Crippen molar-refractivity contribution < 1.29 is 4.74 Å². The maximum absolute atomic E-state index is 5.76. The number of rotatable bonds is 4. The van der Waals surface area contributed by atoms with Crippen LogP contribution < -0.4 is 10.1 Å². The van der Waals surface area contributed by atoms with Gasteiger partial charge in [-0.1, -0.05) is 24.1 Å². The van der Waals surface area contributed by atoms with Crippen molar-refractivity contribution in [3.8, 4) is 5.75 Å². The topological polar surface area (TPSA) is 36.9 Å². The molecule has 23 heavy (non-hydrogen) atoms. The number of benzene rings is 1. The van der Waals surface area contributed by atoms with Gasteiger partial charge in [0.25, 0.3) is 0 Å². The molecule has 0 radical (unpaired) electrons. The zero-order valence-electron chi connectivity index (χ0n) is 14.2. The molecular formula is C18H28IN3O. The van der Waals surface area contributed by atoms with Crippen molar-refractivity contribution in [1.29, 1.82) is 0 Å². The van der Waals surface area contributed by atoms with E-state index in [0.717, 1.165) is 24.8 Å². The summed E-state index contributed by atoms with van der Waals surface area (Å²) in [4.78, 5) is 6.83. The van der Waals surface area contributed by atoms with Crippen molar-refractivity contribution in [1.82, 2.24) is 10.2 Å². The fourth-order valence-electron chi connectivity index (χ4n) is 3.50. The van der Waals surface area contributed by atoms with Gasteiger partial charge in [0.05, 0.1) is 6.54 Å². The van der Waals surface area contributed by atoms with Crippen molar-refractivity contribution in [3.05, 3.63) is 29.8 Å². The molecule has 4 nitrogen and oxygen atoms in total. The van der Waals surface area contributed by atoms with Gasteiger partial charge in [-0.15, -0.1) is 24.0 Å². The first-order valence-corrected chi connectivity index (χ1v) is 8.36. The Kier molecular flexibility index (Phi) is 6.56. The molecule has 0 amide bonds. The molecule has 1 heterocycles. The second-order valence-electron chi connectivity index (χ2n) is 6.66. The Balaban J connectivity index is 0.00000192. The van der Waals surface area contributed by atoms with E-state index in [4.69, 9.17) is 4.74 Å². The summed E-state index contributed by atoms with van der Waals surface area (Å²) in [6.07, 6.45) is 5.53. The van der Waals surface area contributed by atoms with Gasteiger partial charge in [-0.3, -0.25) is 4.99 Å². The van der Waals surface area contributed by atoms with Crippen LogP contribution in [0.25, 0.3) is 0 Å². The van der Waals surface area contributed by atoms with E-state index >= 15 is 0 Å². The maximum atomic E-state index is 5.76. The number of likely N-dealkylation sites (tertiary alicyclic amines) is 1. The van der Waals surface area contributed by atoms with Crippen LogP contribution in [-0.2, 0) is 0 Å². The van der Waals surface area contributed by atoms with Crippen LogP contribution in [0, 0.1) is 12.3 Å². The monoisotopic (exact) mass is 429 g/mol. The van der Waals surface area contributed by atoms with Gasteiger partial charge in [-0.25, -0.2) is 0 Å². The number of ether oxygens (including phenoxy) is 1. The number of hydrogen-bond acceptors (Lipinski definition) is 2. The molecule has 1 aromatic rings. The number of hydrogen-bond donors (Lipinski definition) is 1. The fourth-order valence-corrected chi connectivity index (χ4v) is 3.50. The number of nitrogens with one attached hydrogen (secondary N) is 1. The van der Waals surface area contributed by atoms with E-state index in [-0.39, 0.29) is 24.0 Å². The molecule has 0 unspecified atom stereocenters. The summed E-state index contributed by atoms with van der Waals surface area (Å²) >= 11 is 0. The largest absolute Gasteiger partial charge is 0.492 e. The van der Waals surface area contributed by atoms with Crippen molar-refractivity contribution in [2.45, 2.75) is 32.6 Å². The SMILES string of the molecule is CN=C(NCCOc1ccc(C)cc1)N1CCC2(CCC2)C1.I. The van der Waals surface area contributed by atoms with Gasteiger partial charge in [0.15, 0.2) is 5.96 Å². The van der Waals surface area contributed by atoms with Crippen LogP contribution in [0.5, 0.6) is 5.75 Å². The third kappa shape index (κ3) is 4.52. The zero-order chi connectivity index (χ0) is 15.4. The predicted octanol–water partition coefficient (Wildman–Crippen LogP) is 3.44. The molecule has 2 fully saturated rings. The summed E-state index contributed by atoms with van der Waals surface area (Å²) in [7, 11) is 1.87. The molecule has 0 aromatic heterocycles. The Morgan fingerprint density at radius 3 is 2.57 bits per heavy atom. The predicted molar refractivity (Wildman–Crippen MR) is 106 cm³/mol. The van der Waals surface area contributed by atoms with Crippen LogP contribution in [0.15, 0.2) is 29.3 Å². The lowest BCUT2D eigenvalue weighted by Gasteiger charge is -2.38. The third-order valence-corrected chi connectivity index (χ3v) is 5.04. The summed E-state index contributed by atoms with van der Waals surface area (Å²) in [5.74, 6) is 1.95. The summed E-state index contributed by atoms with van der Waals surface area (Å²) < 4.78 is 5.76. The molecule has 1 N–H and O–H groups in total. The molecule has 3 rings (SSSR count). The van der Waals surface area contributed by atoms with Crippen LogP contribution in [0.3, 0.4) is 0 Å². The van der Waals surface area contributed by atoms with Gasteiger partial charge >= 0.3 is 0 Å². The summed E-state index contributed by atoms with van der Waals surface area (Å²) in [5, 5.41) is 3.43. The summed E-state index contributed by atoms with van der Waals surface area (Å²) in [6, 6.07) is 8.18. The van der Waals surface area contributed by atoms with Gasteiger partial charge in [0.2, 0.25) is 0 Å². The molecule has 1 saturated carbocycles. The highest BCUT2D eigenvalue weighted by atomic mass is 127. The average molecular weight is 429 g/mol. The molecule has 1 aromatic carbocycles. The molecule has 1 aliphatic heterocycles. The van der Waals surface area contributed by atoms with Crippen molar-refractivity contribution in [2.24, 2.45) is 10.4 Å². The fraction of sp³-hybridized carbons (Fsp3) is 0.611. The van der Waals surface area contributed by atoms with E-state index in [1.165, 1.54) is 37.8 Å². The highest BCUT2D eigenvalue weighted by molar-refractivity contribution is 14.0. The minimum atomic E-state index is 0.